The van der Waals surface area contributed by atoms with Gasteiger partial charge in [-0.15, -0.1) is 0 Å². The second kappa shape index (κ2) is 12.8. The van der Waals surface area contributed by atoms with Gasteiger partial charge in [0, 0.05) is 44.4 Å². The minimum absolute atomic E-state index is 0.0385. The number of hydrogen-bond donors (Lipinski definition) is 2. The molecule has 2 fully saturated rings. The van der Waals surface area contributed by atoms with Gasteiger partial charge in [0.25, 0.3) is 0 Å². The van der Waals surface area contributed by atoms with Crippen molar-refractivity contribution in [3.63, 3.8) is 0 Å². The van der Waals surface area contributed by atoms with Gasteiger partial charge >= 0.3 is 0 Å². The highest BCUT2D eigenvalue weighted by Crippen LogP contribution is 2.33. The van der Waals surface area contributed by atoms with Crippen molar-refractivity contribution in [1.29, 1.82) is 0 Å². The molecule has 5 nitrogen and oxygen atoms in total. The quantitative estimate of drug-likeness (QED) is 0.633. The highest BCUT2D eigenvalue weighted by Gasteiger charge is 2.33. The summed E-state index contributed by atoms with van der Waals surface area (Å²) < 4.78 is 11.4. The minimum Gasteiger partial charge on any atom is -0.489 e. The molecule has 1 atom stereocenters. The Kier molecular flexibility index (Phi) is 9.76. The first-order valence-electron chi connectivity index (χ1n) is 12.3. The van der Waals surface area contributed by atoms with Crippen LogP contribution in [0.4, 0.5) is 5.69 Å². The second-order valence-electron chi connectivity index (χ2n) is 9.06. The molecule has 0 radical (unpaired) electrons. The zero-order chi connectivity index (χ0) is 23.6. The van der Waals surface area contributed by atoms with Crippen LogP contribution >= 0.6 is 0 Å². The third kappa shape index (κ3) is 7.05. The number of ether oxygens (including phenoxy) is 2. The maximum Gasteiger partial charge on any atom is 0.170 e. The summed E-state index contributed by atoms with van der Waals surface area (Å²) in [6, 6.07) is 15.4. The summed E-state index contributed by atoms with van der Waals surface area (Å²) in [5.41, 5.74) is 4.55. The summed E-state index contributed by atoms with van der Waals surface area (Å²) in [7, 11) is 1.00. The maximum atomic E-state index is 12.2. The van der Waals surface area contributed by atoms with E-state index in [2.05, 4.69) is 36.5 Å². The fraction of sp³-hybridized carbons (Fsp3) is 0.536. The molecule has 2 N–H and O–H groups in total. The van der Waals surface area contributed by atoms with Crippen LogP contribution in [0, 0.1) is 12.8 Å². The van der Waals surface area contributed by atoms with Crippen molar-refractivity contribution < 1.29 is 19.4 Å². The fourth-order valence-electron chi connectivity index (χ4n) is 4.44. The number of ketones is 1. The van der Waals surface area contributed by atoms with Crippen LogP contribution in [0.2, 0.25) is 0 Å². The van der Waals surface area contributed by atoms with Crippen LogP contribution in [0.3, 0.4) is 0 Å². The minimum atomic E-state index is 0.0385. The van der Waals surface area contributed by atoms with Crippen LogP contribution in [0.25, 0.3) is 0 Å². The number of benzene rings is 2. The van der Waals surface area contributed by atoms with E-state index in [0.717, 1.165) is 62.5 Å². The van der Waals surface area contributed by atoms with E-state index in [1.165, 1.54) is 30.5 Å². The number of fused-ring (bicyclic) bond motifs is 1. The van der Waals surface area contributed by atoms with Gasteiger partial charge in [0.15, 0.2) is 5.78 Å². The summed E-state index contributed by atoms with van der Waals surface area (Å²) in [5, 5.41) is 10.5. The molecule has 0 aromatic heterocycles. The summed E-state index contributed by atoms with van der Waals surface area (Å²) in [4.78, 5) is 12.2. The van der Waals surface area contributed by atoms with E-state index >= 15 is 0 Å². The van der Waals surface area contributed by atoms with Crippen LogP contribution in [0.15, 0.2) is 42.5 Å². The Morgan fingerprint density at radius 2 is 1.70 bits per heavy atom. The molecule has 0 bridgehead atoms. The Labute approximate surface area is 198 Å². The molecule has 5 heteroatoms. The third-order valence-corrected chi connectivity index (χ3v) is 6.73. The molecular formula is C28H39NO4. The number of hydrogen-bond acceptors (Lipinski definition) is 5. The van der Waals surface area contributed by atoms with Gasteiger partial charge in [-0.2, -0.15) is 0 Å². The smallest absolute Gasteiger partial charge is 0.170 e. The fourth-order valence-corrected chi connectivity index (χ4v) is 4.44. The second-order valence-corrected chi connectivity index (χ2v) is 9.06. The molecule has 2 heterocycles. The van der Waals surface area contributed by atoms with Crippen molar-refractivity contribution >= 4 is 11.5 Å². The van der Waals surface area contributed by atoms with Gasteiger partial charge < -0.3 is 19.9 Å². The van der Waals surface area contributed by atoms with Crippen molar-refractivity contribution in [1.82, 2.24) is 0 Å². The molecule has 1 aliphatic carbocycles. The molecular weight excluding hydrogens is 414 g/mol. The lowest BCUT2D eigenvalue weighted by atomic mass is 9.87. The standard InChI is InChI=1S/C15H18O3.C12H17N.CH4O/c1-10-2-3-14-12(8-10)13(16)9-15(18-14)11-4-6-17-7-5-11;1-2-10-6-8-12(9-7-10)13-11-4-3-5-11;1-2/h2-3,8,11,15H,4-7,9H2,1H3;6-9,11,13H,2-5H2,1H3;2H,1H3. The molecule has 2 aromatic carbocycles. The molecule has 0 spiro atoms. The Bertz CT molecular complexity index is 870. The number of aryl methyl sites for hydroxylation is 2. The van der Waals surface area contributed by atoms with E-state index in [0.29, 0.717) is 12.3 Å². The average molecular weight is 454 g/mol. The molecule has 33 heavy (non-hydrogen) atoms. The Morgan fingerprint density at radius 1 is 1.00 bits per heavy atom. The number of rotatable bonds is 4. The number of Topliss-reactive ketones (excluding diaryl/α,β-unsaturated/α-hetero) is 1. The number of aliphatic hydroxyl groups is 1. The first kappa shape index (κ1) is 25.3. The molecule has 2 aromatic rings. The SMILES string of the molecule is CCc1ccc(NC2CCC2)cc1.CO.Cc1ccc2c(c1)C(=O)CC(C1CCOCC1)O2. The predicted octanol–water partition coefficient (Wildman–Crippen LogP) is 5.58. The van der Waals surface area contributed by atoms with Gasteiger partial charge in [0.2, 0.25) is 0 Å². The summed E-state index contributed by atoms with van der Waals surface area (Å²) >= 11 is 0. The first-order valence-corrected chi connectivity index (χ1v) is 12.3. The van der Waals surface area contributed by atoms with E-state index in [1.807, 2.05) is 25.1 Å². The predicted molar refractivity (Wildman–Crippen MR) is 133 cm³/mol. The lowest BCUT2D eigenvalue weighted by molar-refractivity contribution is 0.0120. The maximum absolute atomic E-state index is 12.2. The monoisotopic (exact) mass is 453 g/mol. The van der Waals surface area contributed by atoms with Gasteiger partial charge in [-0.05, 0) is 75.3 Å². The average Bonchev–Trinajstić information content (AvgIpc) is 2.84. The van der Waals surface area contributed by atoms with E-state index in [1.54, 1.807) is 0 Å². The van der Waals surface area contributed by atoms with Gasteiger partial charge in [-0.25, -0.2) is 0 Å². The molecule has 1 unspecified atom stereocenters. The van der Waals surface area contributed by atoms with Crippen molar-refractivity contribution in [2.24, 2.45) is 5.92 Å². The molecule has 5 rings (SSSR count). The number of nitrogens with one attached hydrogen (secondary N) is 1. The molecule has 180 valence electrons. The summed E-state index contributed by atoms with van der Waals surface area (Å²) in [6.45, 7) is 5.77. The number of anilines is 1. The summed E-state index contributed by atoms with van der Waals surface area (Å²) in [5.74, 6) is 1.43. The molecule has 0 amide bonds. The van der Waals surface area contributed by atoms with E-state index in [9.17, 15) is 4.79 Å². The molecule has 3 aliphatic rings. The van der Waals surface area contributed by atoms with Crippen molar-refractivity contribution in [2.75, 3.05) is 25.6 Å². The Balaban J connectivity index is 0.000000181. The molecule has 1 saturated carbocycles. The largest absolute Gasteiger partial charge is 0.489 e. The van der Waals surface area contributed by atoms with Crippen LogP contribution in [0.1, 0.15) is 66.9 Å². The first-order chi connectivity index (χ1) is 16.1. The van der Waals surface area contributed by atoms with Gasteiger partial charge in [0.1, 0.15) is 11.9 Å². The van der Waals surface area contributed by atoms with Gasteiger partial charge in [-0.1, -0.05) is 30.7 Å². The van der Waals surface area contributed by atoms with Crippen LogP contribution in [-0.4, -0.2) is 43.4 Å². The zero-order valence-corrected chi connectivity index (χ0v) is 20.3. The zero-order valence-electron chi connectivity index (χ0n) is 20.3. The van der Waals surface area contributed by atoms with Crippen molar-refractivity contribution in [3.05, 3.63) is 59.2 Å². The highest BCUT2D eigenvalue weighted by atomic mass is 16.5. The molecule has 1 saturated heterocycles. The van der Waals surface area contributed by atoms with Crippen molar-refractivity contribution in [2.45, 2.75) is 70.9 Å². The van der Waals surface area contributed by atoms with E-state index in [4.69, 9.17) is 14.6 Å². The number of aliphatic hydroxyl groups excluding tert-OH is 1. The Morgan fingerprint density at radius 3 is 2.30 bits per heavy atom. The van der Waals surface area contributed by atoms with Crippen LogP contribution < -0.4 is 10.1 Å². The highest BCUT2D eigenvalue weighted by molar-refractivity contribution is 6.00. The van der Waals surface area contributed by atoms with Gasteiger partial charge in [-0.3, -0.25) is 4.79 Å². The number of carbonyl (C=O) groups excluding carboxylic acids is 1. The topological polar surface area (TPSA) is 67.8 Å². The molecule has 2 aliphatic heterocycles. The van der Waals surface area contributed by atoms with E-state index < -0.39 is 0 Å². The van der Waals surface area contributed by atoms with E-state index in [-0.39, 0.29) is 11.9 Å². The summed E-state index contributed by atoms with van der Waals surface area (Å²) in [6.07, 6.45) is 7.76. The van der Waals surface area contributed by atoms with Crippen molar-refractivity contribution in [3.8, 4) is 5.75 Å². The Hall–Kier alpha value is -2.37. The third-order valence-electron chi connectivity index (χ3n) is 6.73. The number of carbonyl (C=O) groups is 1. The van der Waals surface area contributed by atoms with Gasteiger partial charge in [0.05, 0.1) is 5.56 Å². The lowest BCUT2D eigenvalue weighted by Crippen LogP contribution is -2.36. The normalized spacial score (nSPS) is 20.1. The van der Waals surface area contributed by atoms with Crippen LogP contribution in [0.5, 0.6) is 5.75 Å². The lowest BCUT2D eigenvalue weighted by Gasteiger charge is -2.33. The van der Waals surface area contributed by atoms with Crippen LogP contribution in [-0.2, 0) is 11.2 Å².